The third-order valence-corrected chi connectivity index (χ3v) is 8.88. The molecule has 0 radical (unpaired) electrons. The van der Waals surface area contributed by atoms with E-state index in [1.165, 1.54) is 83.5 Å². The van der Waals surface area contributed by atoms with Crippen LogP contribution in [-0.2, 0) is 14.9 Å². The van der Waals surface area contributed by atoms with E-state index in [-0.39, 0.29) is 5.91 Å². The Bertz CT molecular complexity index is 837. The number of amides is 1. The zero-order chi connectivity index (χ0) is 32.6. The fourth-order valence-electron chi connectivity index (χ4n) is 5.34. The van der Waals surface area contributed by atoms with E-state index in [0.717, 1.165) is 64.2 Å². The van der Waals surface area contributed by atoms with Crippen molar-refractivity contribution in [2.24, 2.45) is 0 Å². The maximum absolute atomic E-state index is 12.5. The van der Waals surface area contributed by atoms with Crippen LogP contribution in [0.1, 0.15) is 174 Å². The number of carbonyl (C=O) groups excluding carboxylic acids is 1. The second kappa shape index (κ2) is 31.5. The molecule has 0 aliphatic carbocycles. The summed E-state index contributed by atoms with van der Waals surface area (Å²) >= 11 is 0. The average molecular weight is 640 g/mol. The summed E-state index contributed by atoms with van der Waals surface area (Å²) in [6.45, 7) is 4.46. The van der Waals surface area contributed by atoms with Crippen LogP contribution in [0.15, 0.2) is 36.5 Å². The molecule has 0 aromatic carbocycles. The van der Waals surface area contributed by atoms with Gasteiger partial charge in [-0.15, -0.1) is 0 Å². The largest absolute Gasteiger partial charge is 0.391 e. The zero-order valence-corrected chi connectivity index (χ0v) is 29.3. The van der Waals surface area contributed by atoms with Crippen LogP contribution in [0, 0.1) is 0 Å². The summed E-state index contributed by atoms with van der Waals surface area (Å²) in [5.74, 6) is -0.915. The second-order valence-electron chi connectivity index (χ2n) is 12.5. The van der Waals surface area contributed by atoms with E-state index in [2.05, 4.69) is 55.6 Å². The van der Waals surface area contributed by atoms with Gasteiger partial charge in [0.15, 0.2) is 0 Å². The van der Waals surface area contributed by atoms with Crippen molar-refractivity contribution < 1.29 is 22.9 Å². The number of hydrogen-bond acceptors (Lipinski definition) is 4. The van der Waals surface area contributed by atoms with Crippen LogP contribution in [0.2, 0.25) is 0 Å². The second-order valence-corrected chi connectivity index (χ2v) is 14.0. The molecule has 3 N–H and O–H groups in total. The molecule has 0 fully saturated rings. The van der Waals surface area contributed by atoms with E-state index in [0.29, 0.717) is 12.8 Å². The van der Waals surface area contributed by atoms with Crippen LogP contribution in [-0.4, -0.2) is 41.9 Å². The first-order valence-electron chi connectivity index (χ1n) is 18.2. The first-order valence-corrected chi connectivity index (χ1v) is 19.8. The number of nitrogens with one attached hydrogen (secondary N) is 1. The summed E-state index contributed by atoms with van der Waals surface area (Å²) in [4.78, 5) is 12.5. The SMILES string of the molecule is CCCCC/C=C\C/C=C\C/C=C\CCCCCCCCC(=O)NC(CS(=O)(=O)O)C(O)CCCCCCCCCCCC. The molecule has 2 atom stereocenters. The molecule has 0 saturated heterocycles. The first kappa shape index (κ1) is 42.6. The highest BCUT2D eigenvalue weighted by Crippen LogP contribution is 2.14. The molecule has 0 aromatic heterocycles. The molecule has 0 saturated carbocycles. The molecule has 1 amide bonds. The average Bonchev–Trinajstić information content (AvgIpc) is 2.98. The Balaban J connectivity index is 3.93. The predicted molar refractivity (Wildman–Crippen MR) is 189 cm³/mol. The molecule has 0 spiro atoms. The molecule has 258 valence electrons. The lowest BCUT2D eigenvalue weighted by Gasteiger charge is -2.23. The lowest BCUT2D eigenvalue weighted by Crippen LogP contribution is -2.47. The van der Waals surface area contributed by atoms with Crippen molar-refractivity contribution >= 4 is 16.0 Å². The van der Waals surface area contributed by atoms with Crippen LogP contribution >= 0.6 is 0 Å². The molecule has 7 heteroatoms. The van der Waals surface area contributed by atoms with Gasteiger partial charge < -0.3 is 10.4 Å². The first-order chi connectivity index (χ1) is 21.3. The minimum Gasteiger partial charge on any atom is -0.391 e. The molecule has 2 unspecified atom stereocenters. The molecule has 0 aliphatic rings. The van der Waals surface area contributed by atoms with Gasteiger partial charge in [-0.05, 0) is 51.4 Å². The smallest absolute Gasteiger partial charge is 0.266 e. The molecular weight excluding hydrogens is 570 g/mol. The van der Waals surface area contributed by atoms with Gasteiger partial charge in [0, 0.05) is 6.42 Å². The van der Waals surface area contributed by atoms with E-state index >= 15 is 0 Å². The van der Waals surface area contributed by atoms with Crippen molar-refractivity contribution in [1.29, 1.82) is 0 Å². The Hall–Kier alpha value is -1.44. The normalized spacial score (nSPS) is 13.8. The number of rotatable bonds is 32. The van der Waals surface area contributed by atoms with Crippen LogP contribution in [0.4, 0.5) is 0 Å². The van der Waals surface area contributed by atoms with Gasteiger partial charge in [-0.25, -0.2) is 0 Å². The number of hydrogen-bond donors (Lipinski definition) is 3. The van der Waals surface area contributed by atoms with Crippen molar-refractivity contribution in [3.05, 3.63) is 36.5 Å². The fraction of sp³-hybridized carbons (Fsp3) is 0.811. The molecule has 0 heterocycles. The number of aliphatic hydroxyl groups is 1. The molecule has 6 nitrogen and oxygen atoms in total. The van der Waals surface area contributed by atoms with Crippen molar-refractivity contribution in [2.45, 2.75) is 187 Å². The van der Waals surface area contributed by atoms with Crippen molar-refractivity contribution in [2.75, 3.05) is 5.75 Å². The summed E-state index contributed by atoms with van der Waals surface area (Å²) in [6.07, 6.45) is 39.5. The van der Waals surface area contributed by atoms with Crippen LogP contribution in [0.5, 0.6) is 0 Å². The maximum atomic E-state index is 12.5. The minimum atomic E-state index is -4.31. The number of aliphatic hydroxyl groups excluding tert-OH is 1. The van der Waals surface area contributed by atoms with Gasteiger partial charge in [0.1, 0.15) is 0 Å². The van der Waals surface area contributed by atoms with E-state index in [1.54, 1.807) is 0 Å². The molecule has 0 rings (SSSR count). The highest BCUT2D eigenvalue weighted by Gasteiger charge is 2.26. The van der Waals surface area contributed by atoms with Gasteiger partial charge in [-0.1, -0.05) is 153 Å². The quantitative estimate of drug-likeness (QED) is 0.0386. The Labute approximate surface area is 272 Å². The van der Waals surface area contributed by atoms with E-state index in [4.69, 9.17) is 0 Å². The Morgan fingerprint density at radius 1 is 0.614 bits per heavy atom. The van der Waals surface area contributed by atoms with Crippen molar-refractivity contribution in [1.82, 2.24) is 5.32 Å². The highest BCUT2D eigenvalue weighted by atomic mass is 32.2. The van der Waals surface area contributed by atoms with Gasteiger partial charge in [-0.3, -0.25) is 9.35 Å². The third kappa shape index (κ3) is 32.0. The minimum absolute atomic E-state index is 0.261. The molecule has 0 bridgehead atoms. The summed E-state index contributed by atoms with van der Waals surface area (Å²) < 4.78 is 32.3. The van der Waals surface area contributed by atoms with Crippen molar-refractivity contribution in [3.8, 4) is 0 Å². The van der Waals surface area contributed by atoms with Crippen LogP contribution in [0.3, 0.4) is 0 Å². The van der Waals surface area contributed by atoms with E-state index < -0.39 is 28.0 Å². The summed E-state index contributed by atoms with van der Waals surface area (Å²) in [5.41, 5.74) is 0. The van der Waals surface area contributed by atoms with Gasteiger partial charge >= 0.3 is 0 Å². The Kier molecular flexibility index (Phi) is 30.5. The monoisotopic (exact) mass is 639 g/mol. The fourth-order valence-corrected chi connectivity index (χ4v) is 6.10. The number of allylic oxidation sites excluding steroid dienone is 6. The van der Waals surface area contributed by atoms with E-state index in [1.807, 2.05) is 0 Å². The van der Waals surface area contributed by atoms with Crippen LogP contribution < -0.4 is 5.32 Å². The topological polar surface area (TPSA) is 104 Å². The number of unbranched alkanes of at least 4 members (excludes halogenated alkanes) is 18. The summed E-state index contributed by atoms with van der Waals surface area (Å²) in [6, 6.07) is -0.975. The van der Waals surface area contributed by atoms with Gasteiger partial charge in [0.05, 0.1) is 17.9 Å². The van der Waals surface area contributed by atoms with Crippen LogP contribution in [0.25, 0.3) is 0 Å². The highest BCUT2D eigenvalue weighted by molar-refractivity contribution is 7.85. The Morgan fingerprint density at radius 2 is 1.02 bits per heavy atom. The Morgan fingerprint density at radius 3 is 1.55 bits per heavy atom. The lowest BCUT2D eigenvalue weighted by atomic mass is 10.0. The summed E-state index contributed by atoms with van der Waals surface area (Å²) in [7, 11) is -4.31. The number of carbonyl (C=O) groups is 1. The molecule has 44 heavy (non-hydrogen) atoms. The molecule has 0 aromatic rings. The lowest BCUT2D eigenvalue weighted by molar-refractivity contribution is -0.122. The van der Waals surface area contributed by atoms with Gasteiger partial charge in [-0.2, -0.15) is 8.42 Å². The standard InChI is InChI=1S/C37H69NO5S/c1-3-5-7-9-11-13-15-16-17-18-19-20-21-22-23-25-27-29-31-33-37(40)38-35(34-44(41,42)43)36(39)32-30-28-26-24-14-12-10-8-6-4-2/h11,13,16-17,19-20,35-36,39H,3-10,12,14-15,18,21-34H2,1-2H3,(H,38,40)(H,41,42,43)/b13-11-,17-16-,20-19-. The van der Waals surface area contributed by atoms with Gasteiger partial charge in [0.25, 0.3) is 10.1 Å². The zero-order valence-electron chi connectivity index (χ0n) is 28.5. The van der Waals surface area contributed by atoms with Crippen molar-refractivity contribution in [3.63, 3.8) is 0 Å². The summed E-state index contributed by atoms with van der Waals surface area (Å²) in [5, 5.41) is 13.3. The molecule has 0 aliphatic heterocycles. The molecular formula is C37H69NO5S. The van der Waals surface area contributed by atoms with E-state index in [9.17, 15) is 22.9 Å². The van der Waals surface area contributed by atoms with Gasteiger partial charge in [0.2, 0.25) is 5.91 Å². The maximum Gasteiger partial charge on any atom is 0.266 e. The predicted octanol–water partition coefficient (Wildman–Crippen LogP) is 10.2. The third-order valence-electron chi connectivity index (χ3n) is 8.10.